The highest BCUT2D eigenvalue weighted by Gasteiger charge is 2.17. The van der Waals surface area contributed by atoms with Gasteiger partial charge in [-0.05, 0) is 18.6 Å². The van der Waals surface area contributed by atoms with Crippen molar-refractivity contribution in [3.8, 4) is 0 Å². The predicted octanol–water partition coefficient (Wildman–Crippen LogP) is 1.78. The molecule has 20 heavy (non-hydrogen) atoms. The Hall–Kier alpha value is -2.50. The molecule has 0 unspecified atom stereocenters. The van der Waals surface area contributed by atoms with Gasteiger partial charge in [-0.1, -0.05) is 12.1 Å². The monoisotopic (exact) mass is 266 g/mol. The molecule has 1 N–H and O–H groups in total. The summed E-state index contributed by atoms with van der Waals surface area (Å²) in [4.78, 5) is 8.58. The average molecular weight is 266 g/mol. The molecule has 2 aromatic heterocycles. The lowest BCUT2D eigenvalue weighted by atomic mass is 10.2. The van der Waals surface area contributed by atoms with Crippen LogP contribution in [-0.4, -0.2) is 24.7 Å². The molecule has 0 atom stereocenters. The maximum Gasteiger partial charge on any atom is 0.152 e. The zero-order valence-corrected chi connectivity index (χ0v) is 11.0. The third-order valence-electron chi connectivity index (χ3n) is 3.64. The number of nitrogens with zero attached hydrogens (tertiary/aromatic N) is 5. The smallest absolute Gasteiger partial charge is 0.152 e. The zero-order chi connectivity index (χ0) is 13.4. The van der Waals surface area contributed by atoms with Gasteiger partial charge in [0.25, 0.3) is 0 Å². The van der Waals surface area contributed by atoms with Crippen LogP contribution in [0.15, 0.2) is 30.6 Å². The second-order valence-electron chi connectivity index (χ2n) is 4.88. The summed E-state index contributed by atoms with van der Waals surface area (Å²) < 4.78 is 2.19. The van der Waals surface area contributed by atoms with Crippen LogP contribution < -0.4 is 5.32 Å². The molecule has 0 radical (unpaired) electrons. The van der Waals surface area contributed by atoms with Gasteiger partial charge in [0, 0.05) is 18.4 Å². The van der Waals surface area contributed by atoms with Gasteiger partial charge in [0.2, 0.25) is 0 Å². The first-order valence-corrected chi connectivity index (χ1v) is 6.76. The van der Waals surface area contributed by atoms with Crippen LogP contribution in [0.1, 0.15) is 18.1 Å². The van der Waals surface area contributed by atoms with Crippen molar-refractivity contribution in [3.05, 3.63) is 42.2 Å². The molecule has 4 rings (SSSR count). The van der Waals surface area contributed by atoms with E-state index < -0.39 is 0 Å². The highest BCUT2D eigenvalue weighted by atomic mass is 15.3. The number of rotatable bonds is 3. The molecule has 3 heterocycles. The summed E-state index contributed by atoms with van der Waals surface area (Å²) >= 11 is 0. The van der Waals surface area contributed by atoms with E-state index in [1.165, 1.54) is 0 Å². The Morgan fingerprint density at radius 3 is 3.10 bits per heavy atom. The Morgan fingerprint density at radius 1 is 1.15 bits per heavy atom. The van der Waals surface area contributed by atoms with Crippen LogP contribution in [0, 0.1) is 0 Å². The second-order valence-corrected chi connectivity index (χ2v) is 4.88. The van der Waals surface area contributed by atoms with Crippen LogP contribution in [0.2, 0.25) is 0 Å². The van der Waals surface area contributed by atoms with Gasteiger partial charge in [0.15, 0.2) is 5.82 Å². The van der Waals surface area contributed by atoms with Crippen LogP contribution in [-0.2, 0) is 19.5 Å². The van der Waals surface area contributed by atoms with Crippen molar-refractivity contribution < 1.29 is 0 Å². The van der Waals surface area contributed by atoms with Crippen LogP contribution in [0.3, 0.4) is 0 Å². The van der Waals surface area contributed by atoms with Crippen molar-refractivity contribution in [1.29, 1.82) is 0 Å². The third kappa shape index (κ3) is 1.80. The van der Waals surface area contributed by atoms with E-state index in [9.17, 15) is 0 Å². The molecule has 0 aliphatic carbocycles. The molecule has 1 aliphatic rings. The van der Waals surface area contributed by atoms with Crippen molar-refractivity contribution in [1.82, 2.24) is 24.7 Å². The van der Waals surface area contributed by atoms with E-state index in [-0.39, 0.29) is 0 Å². The minimum absolute atomic E-state index is 0.633. The highest BCUT2D eigenvalue weighted by molar-refractivity contribution is 5.88. The van der Waals surface area contributed by atoms with E-state index in [0.29, 0.717) is 6.54 Å². The molecule has 0 fully saturated rings. The van der Waals surface area contributed by atoms with Gasteiger partial charge in [0.1, 0.15) is 18.0 Å². The minimum Gasteiger partial charge on any atom is -0.362 e. The Kier molecular flexibility index (Phi) is 2.58. The standard InChI is InChI=1S/C14H14N6/c1-2-5-11-10(4-1)14(17-9-16-11)15-8-13-19-18-12-6-3-7-20(12)13/h1-2,4-5,9H,3,6-8H2,(H,15,16,17). The molecule has 6 heteroatoms. The molecule has 0 saturated heterocycles. The molecular weight excluding hydrogens is 252 g/mol. The molecule has 0 saturated carbocycles. The summed E-state index contributed by atoms with van der Waals surface area (Å²) in [5.41, 5.74) is 0.941. The number of para-hydroxylation sites is 1. The predicted molar refractivity (Wildman–Crippen MR) is 75.2 cm³/mol. The number of aromatic nitrogens is 5. The number of hydrogen-bond donors (Lipinski definition) is 1. The molecule has 3 aromatic rings. The van der Waals surface area contributed by atoms with Crippen LogP contribution in [0.4, 0.5) is 5.82 Å². The Labute approximate surface area is 115 Å². The van der Waals surface area contributed by atoms with Crippen molar-refractivity contribution in [3.63, 3.8) is 0 Å². The molecule has 0 spiro atoms. The molecule has 1 aliphatic heterocycles. The third-order valence-corrected chi connectivity index (χ3v) is 3.64. The van der Waals surface area contributed by atoms with E-state index >= 15 is 0 Å². The van der Waals surface area contributed by atoms with Crippen LogP contribution in [0.25, 0.3) is 10.9 Å². The van der Waals surface area contributed by atoms with Gasteiger partial charge in [0.05, 0.1) is 12.1 Å². The maximum absolute atomic E-state index is 4.32. The summed E-state index contributed by atoms with van der Waals surface area (Å²) in [6.45, 7) is 1.65. The molecule has 100 valence electrons. The summed E-state index contributed by atoms with van der Waals surface area (Å²) in [6, 6.07) is 7.97. The highest BCUT2D eigenvalue weighted by Crippen LogP contribution is 2.20. The molecule has 0 amide bonds. The number of benzene rings is 1. The summed E-state index contributed by atoms with van der Waals surface area (Å²) in [6.07, 6.45) is 3.77. The number of hydrogen-bond acceptors (Lipinski definition) is 5. The fourth-order valence-corrected chi connectivity index (χ4v) is 2.65. The summed E-state index contributed by atoms with van der Waals surface area (Å²) in [5, 5.41) is 12.8. The SMILES string of the molecule is c1ccc2c(NCc3nnc4n3CCC4)ncnc2c1. The normalized spacial score (nSPS) is 13.6. The molecule has 0 bridgehead atoms. The van der Waals surface area contributed by atoms with Crippen molar-refractivity contribution in [2.45, 2.75) is 25.9 Å². The minimum atomic E-state index is 0.633. The van der Waals surface area contributed by atoms with Gasteiger partial charge >= 0.3 is 0 Å². The Balaban J connectivity index is 1.62. The second kappa shape index (κ2) is 4.56. The van der Waals surface area contributed by atoms with Crippen molar-refractivity contribution >= 4 is 16.7 Å². The lowest BCUT2D eigenvalue weighted by Gasteiger charge is -2.08. The fourth-order valence-electron chi connectivity index (χ4n) is 2.65. The van der Waals surface area contributed by atoms with Gasteiger partial charge in [-0.2, -0.15) is 0 Å². The van der Waals surface area contributed by atoms with E-state index in [1.807, 2.05) is 24.3 Å². The van der Waals surface area contributed by atoms with Gasteiger partial charge in [-0.25, -0.2) is 9.97 Å². The summed E-state index contributed by atoms with van der Waals surface area (Å²) in [7, 11) is 0. The first-order chi connectivity index (χ1) is 9.92. The quantitative estimate of drug-likeness (QED) is 0.782. The lowest BCUT2D eigenvalue weighted by Crippen LogP contribution is -2.09. The molecule has 6 nitrogen and oxygen atoms in total. The number of nitrogens with one attached hydrogen (secondary N) is 1. The first-order valence-electron chi connectivity index (χ1n) is 6.76. The van der Waals surface area contributed by atoms with Gasteiger partial charge in [-0.15, -0.1) is 10.2 Å². The lowest BCUT2D eigenvalue weighted by molar-refractivity contribution is 0.695. The molecular formula is C14H14N6. The number of aryl methyl sites for hydroxylation is 1. The van der Waals surface area contributed by atoms with Crippen molar-refractivity contribution in [2.75, 3.05) is 5.32 Å². The van der Waals surface area contributed by atoms with Gasteiger partial charge in [-0.3, -0.25) is 0 Å². The average Bonchev–Trinajstić information content (AvgIpc) is 3.09. The van der Waals surface area contributed by atoms with Crippen LogP contribution in [0.5, 0.6) is 0 Å². The van der Waals surface area contributed by atoms with Gasteiger partial charge < -0.3 is 9.88 Å². The molecule has 1 aromatic carbocycles. The number of fused-ring (bicyclic) bond motifs is 2. The van der Waals surface area contributed by atoms with Crippen molar-refractivity contribution in [2.24, 2.45) is 0 Å². The first kappa shape index (κ1) is 11.3. The summed E-state index contributed by atoms with van der Waals surface area (Å²) in [5.74, 6) is 2.90. The number of anilines is 1. The van der Waals surface area contributed by atoms with E-state index in [2.05, 4.69) is 30.0 Å². The zero-order valence-electron chi connectivity index (χ0n) is 11.0. The largest absolute Gasteiger partial charge is 0.362 e. The van der Waals surface area contributed by atoms with Crippen LogP contribution >= 0.6 is 0 Å². The fraction of sp³-hybridized carbons (Fsp3) is 0.286. The Bertz CT molecular complexity index is 758. The topological polar surface area (TPSA) is 68.5 Å². The maximum atomic E-state index is 4.32. The Morgan fingerprint density at radius 2 is 2.10 bits per heavy atom. The van der Waals surface area contributed by atoms with E-state index in [1.54, 1.807) is 6.33 Å². The van der Waals surface area contributed by atoms with E-state index in [4.69, 9.17) is 0 Å². The van der Waals surface area contributed by atoms with E-state index in [0.717, 1.165) is 47.8 Å².